The molecule has 4 nitrogen and oxygen atoms in total. The highest BCUT2D eigenvalue weighted by Crippen LogP contribution is 2.17. The monoisotopic (exact) mass is 257 g/mol. The lowest BCUT2D eigenvalue weighted by Crippen LogP contribution is -2.33. The van der Waals surface area contributed by atoms with Crippen molar-refractivity contribution >= 4 is 11.6 Å². The van der Waals surface area contributed by atoms with Gasteiger partial charge in [-0.1, -0.05) is 12.8 Å². The van der Waals surface area contributed by atoms with Crippen molar-refractivity contribution in [3.8, 4) is 6.07 Å². The van der Waals surface area contributed by atoms with Crippen LogP contribution < -0.4 is 10.6 Å². The van der Waals surface area contributed by atoms with Crippen molar-refractivity contribution in [1.29, 1.82) is 5.26 Å². The molecule has 1 amide bonds. The largest absolute Gasteiger partial charge is 0.385 e. The number of hydrogen-bond acceptors (Lipinski definition) is 3. The molecule has 1 aliphatic rings. The highest BCUT2D eigenvalue weighted by molar-refractivity contribution is 5.76. The maximum atomic E-state index is 11.7. The molecule has 0 aromatic heterocycles. The van der Waals surface area contributed by atoms with Crippen molar-refractivity contribution in [2.75, 3.05) is 11.9 Å². The average Bonchev–Trinajstić information content (AvgIpc) is 2.92. The summed E-state index contributed by atoms with van der Waals surface area (Å²) in [5.74, 6) is 0.119. The van der Waals surface area contributed by atoms with E-state index >= 15 is 0 Å². The molecule has 2 rings (SSSR count). The van der Waals surface area contributed by atoms with E-state index in [4.69, 9.17) is 5.26 Å². The summed E-state index contributed by atoms with van der Waals surface area (Å²) in [7, 11) is 0. The SMILES string of the molecule is N#Cc1ccc(NCCC(=O)NC2CCCC2)cc1. The molecule has 0 saturated heterocycles. The highest BCUT2D eigenvalue weighted by atomic mass is 16.1. The second kappa shape index (κ2) is 6.79. The zero-order valence-electron chi connectivity index (χ0n) is 11.0. The van der Waals surface area contributed by atoms with E-state index in [0.29, 0.717) is 24.6 Å². The molecular weight excluding hydrogens is 238 g/mol. The molecule has 0 unspecified atom stereocenters. The van der Waals surface area contributed by atoms with Gasteiger partial charge in [-0.25, -0.2) is 0 Å². The van der Waals surface area contributed by atoms with Gasteiger partial charge in [-0.2, -0.15) is 5.26 Å². The van der Waals surface area contributed by atoms with Gasteiger partial charge in [0.15, 0.2) is 0 Å². The number of carbonyl (C=O) groups is 1. The number of nitrogens with one attached hydrogen (secondary N) is 2. The first kappa shape index (κ1) is 13.4. The maximum Gasteiger partial charge on any atom is 0.221 e. The zero-order valence-corrected chi connectivity index (χ0v) is 11.0. The van der Waals surface area contributed by atoms with Crippen LogP contribution in [0.1, 0.15) is 37.7 Å². The van der Waals surface area contributed by atoms with Gasteiger partial charge in [0, 0.05) is 24.7 Å². The molecule has 1 saturated carbocycles. The fourth-order valence-corrected chi connectivity index (χ4v) is 2.35. The molecule has 19 heavy (non-hydrogen) atoms. The molecule has 0 spiro atoms. The van der Waals surface area contributed by atoms with E-state index < -0.39 is 0 Å². The van der Waals surface area contributed by atoms with Crippen molar-refractivity contribution in [2.45, 2.75) is 38.1 Å². The van der Waals surface area contributed by atoms with Crippen LogP contribution >= 0.6 is 0 Å². The van der Waals surface area contributed by atoms with E-state index in [9.17, 15) is 4.79 Å². The van der Waals surface area contributed by atoms with Crippen molar-refractivity contribution in [3.05, 3.63) is 29.8 Å². The second-order valence-electron chi connectivity index (χ2n) is 4.91. The van der Waals surface area contributed by atoms with Crippen molar-refractivity contribution in [3.63, 3.8) is 0 Å². The van der Waals surface area contributed by atoms with Crippen LogP contribution in [0.15, 0.2) is 24.3 Å². The third-order valence-corrected chi connectivity index (χ3v) is 3.42. The molecule has 0 radical (unpaired) electrons. The second-order valence-corrected chi connectivity index (χ2v) is 4.91. The molecule has 0 aliphatic heterocycles. The molecule has 1 aromatic carbocycles. The third-order valence-electron chi connectivity index (χ3n) is 3.42. The minimum Gasteiger partial charge on any atom is -0.385 e. The molecule has 100 valence electrons. The van der Waals surface area contributed by atoms with E-state index in [1.807, 2.05) is 12.1 Å². The Bertz CT molecular complexity index is 455. The van der Waals surface area contributed by atoms with E-state index in [1.165, 1.54) is 12.8 Å². The average molecular weight is 257 g/mol. The van der Waals surface area contributed by atoms with E-state index in [1.54, 1.807) is 12.1 Å². The topological polar surface area (TPSA) is 64.9 Å². The molecule has 1 aliphatic carbocycles. The van der Waals surface area contributed by atoms with Crippen LogP contribution in [0.2, 0.25) is 0 Å². The fourth-order valence-electron chi connectivity index (χ4n) is 2.35. The van der Waals surface area contributed by atoms with Gasteiger partial charge >= 0.3 is 0 Å². The molecule has 1 fully saturated rings. The van der Waals surface area contributed by atoms with E-state index in [2.05, 4.69) is 16.7 Å². The normalized spacial score (nSPS) is 14.9. The Kier molecular flexibility index (Phi) is 4.79. The van der Waals surface area contributed by atoms with Gasteiger partial charge in [0.25, 0.3) is 0 Å². The first-order valence-electron chi connectivity index (χ1n) is 6.81. The van der Waals surface area contributed by atoms with Crippen LogP contribution in [0, 0.1) is 11.3 Å². The predicted molar refractivity (Wildman–Crippen MR) is 74.7 cm³/mol. The predicted octanol–water partition coefficient (Wildman–Crippen LogP) is 2.42. The Morgan fingerprint density at radius 1 is 1.26 bits per heavy atom. The fraction of sp³-hybridized carbons (Fsp3) is 0.467. The van der Waals surface area contributed by atoms with Crippen LogP contribution in [0.25, 0.3) is 0 Å². The van der Waals surface area contributed by atoms with Gasteiger partial charge < -0.3 is 10.6 Å². The number of hydrogen-bond donors (Lipinski definition) is 2. The number of nitriles is 1. The highest BCUT2D eigenvalue weighted by Gasteiger charge is 2.16. The quantitative estimate of drug-likeness (QED) is 0.851. The van der Waals surface area contributed by atoms with Crippen LogP contribution in [-0.2, 0) is 4.79 Å². The Labute approximate surface area is 113 Å². The summed E-state index contributed by atoms with van der Waals surface area (Å²) in [6.45, 7) is 0.616. The lowest BCUT2D eigenvalue weighted by atomic mass is 10.2. The van der Waals surface area contributed by atoms with E-state index in [0.717, 1.165) is 18.5 Å². The number of carbonyl (C=O) groups excluding carboxylic acids is 1. The summed E-state index contributed by atoms with van der Waals surface area (Å²) in [6.07, 6.45) is 5.18. The molecule has 0 heterocycles. The Hall–Kier alpha value is -2.02. The Morgan fingerprint density at radius 3 is 2.58 bits per heavy atom. The van der Waals surface area contributed by atoms with Crippen LogP contribution in [0.4, 0.5) is 5.69 Å². The van der Waals surface area contributed by atoms with Gasteiger partial charge in [-0.05, 0) is 37.1 Å². The van der Waals surface area contributed by atoms with Crippen molar-refractivity contribution in [2.24, 2.45) is 0 Å². The van der Waals surface area contributed by atoms with Crippen LogP contribution in [-0.4, -0.2) is 18.5 Å². The number of amides is 1. The number of benzene rings is 1. The smallest absolute Gasteiger partial charge is 0.221 e. The summed E-state index contributed by atoms with van der Waals surface area (Å²) in [6, 6.07) is 9.71. The summed E-state index contributed by atoms with van der Waals surface area (Å²) in [5.41, 5.74) is 1.58. The maximum absolute atomic E-state index is 11.7. The van der Waals surface area contributed by atoms with Gasteiger partial charge in [0.05, 0.1) is 11.6 Å². The van der Waals surface area contributed by atoms with Crippen molar-refractivity contribution < 1.29 is 4.79 Å². The minimum atomic E-state index is 0.119. The lowest BCUT2D eigenvalue weighted by Gasteiger charge is -2.12. The standard InChI is InChI=1S/C15H19N3O/c16-11-12-5-7-13(8-6-12)17-10-9-15(19)18-14-3-1-2-4-14/h5-8,14,17H,1-4,9-10H2,(H,18,19). The van der Waals surface area contributed by atoms with Crippen LogP contribution in [0.3, 0.4) is 0 Å². The minimum absolute atomic E-state index is 0.119. The van der Waals surface area contributed by atoms with Gasteiger partial charge in [-0.15, -0.1) is 0 Å². The first-order chi connectivity index (χ1) is 9.28. The molecule has 2 N–H and O–H groups in total. The molecular formula is C15H19N3O. The Morgan fingerprint density at radius 2 is 1.95 bits per heavy atom. The van der Waals surface area contributed by atoms with Crippen LogP contribution in [0.5, 0.6) is 0 Å². The summed E-state index contributed by atoms with van der Waals surface area (Å²) in [4.78, 5) is 11.7. The van der Waals surface area contributed by atoms with Gasteiger partial charge in [-0.3, -0.25) is 4.79 Å². The Balaban J connectivity index is 1.67. The molecule has 0 atom stereocenters. The number of rotatable bonds is 5. The first-order valence-corrected chi connectivity index (χ1v) is 6.81. The number of anilines is 1. The molecule has 1 aromatic rings. The lowest BCUT2D eigenvalue weighted by molar-refractivity contribution is -0.121. The van der Waals surface area contributed by atoms with E-state index in [-0.39, 0.29) is 5.91 Å². The van der Waals surface area contributed by atoms with Crippen molar-refractivity contribution in [1.82, 2.24) is 5.32 Å². The summed E-state index contributed by atoms with van der Waals surface area (Å²) >= 11 is 0. The third kappa shape index (κ3) is 4.29. The van der Waals surface area contributed by atoms with Gasteiger partial charge in [0.1, 0.15) is 0 Å². The zero-order chi connectivity index (χ0) is 13.5. The molecule has 0 bridgehead atoms. The van der Waals surface area contributed by atoms with Gasteiger partial charge in [0.2, 0.25) is 5.91 Å². The summed E-state index contributed by atoms with van der Waals surface area (Å²) in [5, 5.41) is 14.9. The molecule has 4 heteroatoms. The summed E-state index contributed by atoms with van der Waals surface area (Å²) < 4.78 is 0. The number of nitrogens with zero attached hydrogens (tertiary/aromatic N) is 1.